The van der Waals surface area contributed by atoms with Crippen LogP contribution in [0.5, 0.6) is 0 Å². The van der Waals surface area contributed by atoms with E-state index in [1.807, 2.05) is 0 Å². The molecule has 0 aromatic heterocycles. The van der Waals surface area contributed by atoms with E-state index >= 15 is 0 Å². The number of ether oxygens (including phenoxy) is 9. The molecule has 2 fully saturated rings. The summed E-state index contributed by atoms with van der Waals surface area (Å²) in [5, 5.41) is 13.7. The maximum Gasteiger partial charge on any atom is 0.338 e. The van der Waals surface area contributed by atoms with Crippen LogP contribution in [0.3, 0.4) is 0 Å². The molecule has 8 rings (SSSR count). The Morgan fingerprint density at radius 2 is 0.761 bits per heavy atom. The molecule has 1 N–H and O–H groups in total. The lowest BCUT2D eigenvalue weighted by Crippen LogP contribution is -2.65. The van der Waals surface area contributed by atoms with Gasteiger partial charge in [0.1, 0.15) is 37.2 Å². The summed E-state index contributed by atoms with van der Waals surface area (Å²) in [6.45, 7) is -1.70. The maximum atomic E-state index is 14.2. The Morgan fingerprint density at radius 1 is 0.423 bits per heavy atom. The molecule has 6 aromatic carbocycles. The molecule has 0 amide bonds. The third kappa shape index (κ3) is 12.4. The zero-order valence-corrected chi connectivity index (χ0v) is 37.6. The van der Waals surface area contributed by atoms with Crippen molar-refractivity contribution in [1.29, 1.82) is 0 Å². The molecule has 362 valence electrons. The number of rotatable bonds is 16. The second-order valence-electron chi connectivity index (χ2n) is 15.9. The molecule has 0 bridgehead atoms. The van der Waals surface area contributed by atoms with Crippen molar-refractivity contribution < 1.29 is 76.6 Å². The van der Waals surface area contributed by atoms with Crippen LogP contribution in [0.2, 0.25) is 0 Å². The number of carbonyl (C=O) groups is 6. The van der Waals surface area contributed by atoms with Gasteiger partial charge in [-0.3, -0.25) is 0 Å². The van der Waals surface area contributed by atoms with Crippen LogP contribution >= 0.6 is 0 Å². The van der Waals surface area contributed by atoms with E-state index in [4.69, 9.17) is 42.6 Å². The topological polar surface area (TPSA) is 218 Å². The molecule has 2 heterocycles. The molecule has 8 atom stereocenters. The molecule has 0 spiro atoms. The monoisotopic (exact) mass is 963 g/mol. The number of nitrogens with zero attached hydrogens (tertiary/aromatic N) is 1. The summed E-state index contributed by atoms with van der Waals surface area (Å²) in [5.74, 6) is -5.33. The number of hydrogen-bond acceptors (Lipinski definition) is 17. The van der Waals surface area contributed by atoms with Gasteiger partial charge in [-0.1, -0.05) is 114 Å². The molecule has 0 saturated carbocycles. The summed E-state index contributed by atoms with van der Waals surface area (Å²) in [6.07, 6.45) is -13.6. The van der Waals surface area contributed by atoms with E-state index < -0.39 is 105 Å². The smallest absolute Gasteiger partial charge is 0.338 e. The molecular weight excluding hydrogens is 919 g/mol. The van der Waals surface area contributed by atoms with E-state index in [-0.39, 0.29) is 39.1 Å². The second-order valence-corrected chi connectivity index (χ2v) is 15.9. The first kappa shape index (κ1) is 48.9. The lowest BCUT2D eigenvalue weighted by Gasteiger charge is -2.46. The summed E-state index contributed by atoms with van der Waals surface area (Å²) < 4.78 is 55.4. The zero-order chi connectivity index (χ0) is 49.5. The molecule has 6 aromatic rings. The highest BCUT2D eigenvalue weighted by atomic mass is 16.8. The van der Waals surface area contributed by atoms with Gasteiger partial charge in [0, 0.05) is 0 Å². The summed E-state index contributed by atoms with van der Waals surface area (Å²) in [5.41, 5.74) is 0.344. The SMILES string of the molecule is O=C(OC[C@H]1O[C@@H](O[C@H]2[C@H](OC(=O)c3ccccc3)/C(=N/O)CO[C@@H]2COC(=O)c2ccccc2)[C@H](OC(=O)c2ccccc2)[C@@H](OC(=O)c2ccccc2)[C@@H]1OC(=O)c1ccccc1)c1ccccc1. The molecule has 2 saturated heterocycles. The highest BCUT2D eigenvalue weighted by Crippen LogP contribution is 2.35. The fourth-order valence-electron chi connectivity index (χ4n) is 7.64. The van der Waals surface area contributed by atoms with Crippen molar-refractivity contribution in [3.05, 3.63) is 215 Å². The van der Waals surface area contributed by atoms with Gasteiger partial charge in [0.2, 0.25) is 0 Å². The van der Waals surface area contributed by atoms with Crippen LogP contribution in [0.15, 0.2) is 187 Å². The number of hydrogen-bond donors (Lipinski definition) is 1. The van der Waals surface area contributed by atoms with Crippen molar-refractivity contribution >= 4 is 41.5 Å². The lowest BCUT2D eigenvalue weighted by atomic mass is 9.96. The van der Waals surface area contributed by atoms with E-state index in [9.17, 15) is 34.0 Å². The van der Waals surface area contributed by atoms with Crippen molar-refractivity contribution in [2.24, 2.45) is 5.16 Å². The minimum absolute atomic E-state index is 0.0344. The standard InChI is InChI=1S/C54H45NO16/c56-48(34-19-7-1-8-20-34)64-32-41-44(43(40(55-62)31-63-41)67-50(58)36-23-11-3-12-24-36)71-54-47(70-53(61)39-29-17-6-18-30-39)46(69-52(60)38-27-15-5-16-28-38)45(68-51(59)37-25-13-4-14-26-37)42(66-54)33-65-49(57)35-21-9-2-10-22-35/h1-30,41-47,54,62H,31-33H2/b55-40+/t41-,42-,43-,44-,45-,46+,47-,54+/m1/s1. The maximum absolute atomic E-state index is 14.2. The second kappa shape index (κ2) is 23.7. The minimum Gasteiger partial charge on any atom is -0.459 e. The van der Waals surface area contributed by atoms with Gasteiger partial charge in [0.25, 0.3) is 0 Å². The Morgan fingerprint density at radius 3 is 1.15 bits per heavy atom. The Balaban J connectivity index is 1.24. The van der Waals surface area contributed by atoms with Crippen LogP contribution < -0.4 is 0 Å². The summed E-state index contributed by atoms with van der Waals surface area (Å²) >= 11 is 0. The Labute approximate surface area is 406 Å². The van der Waals surface area contributed by atoms with Crippen molar-refractivity contribution in [3.8, 4) is 0 Å². The lowest BCUT2D eigenvalue weighted by molar-refractivity contribution is -0.322. The molecule has 71 heavy (non-hydrogen) atoms. The van der Waals surface area contributed by atoms with Crippen LogP contribution in [-0.4, -0.2) is 116 Å². The summed E-state index contributed by atoms with van der Waals surface area (Å²) in [6, 6.07) is 47.2. The Kier molecular flexibility index (Phi) is 16.3. The minimum atomic E-state index is -1.94. The van der Waals surface area contributed by atoms with Crippen LogP contribution in [0.1, 0.15) is 62.1 Å². The molecule has 2 aliphatic rings. The van der Waals surface area contributed by atoms with E-state index in [0.29, 0.717) is 0 Å². The Hall–Kier alpha value is -8.51. The van der Waals surface area contributed by atoms with Gasteiger partial charge in [-0.15, -0.1) is 0 Å². The highest BCUT2D eigenvalue weighted by Gasteiger charge is 2.56. The number of esters is 6. The third-order valence-electron chi connectivity index (χ3n) is 11.2. The number of benzene rings is 6. The fraction of sp³-hybridized carbons (Fsp3) is 0.204. The molecule has 17 nitrogen and oxygen atoms in total. The van der Waals surface area contributed by atoms with Crippen molar-refractivity contribution in [1.82, 2.24) is 0 Å². The third-order valence-corrected chi connectivity index (χ3v) is 11.2. The molecule has 0 aliphatic carbocycles. The summed E-state index contributed by atoms with van der Waals surface area (Å²) in [4.78, 5) is 83.2. The quantitative estimate of drug-likeness (QED) is 0.0449. The zero-order valence-electron chi connectivity index (χ0n) is 37.6. The van der Waals surface area contributed by atoms with E-state index in [1.54, 1.807) is 109 Å². The van der Waals surface area contributed by atoms with Gasteiger partial charge < -0.3 is 47.8 Å². The molecule has 0 radical (unpaired) electrons. The first-order valence-corrected chi connectivity index (χ1v) is 22.3. The molecule has 2 aliphatic heterocycles. The van der Waals surface area contributed by atoms with E-state index in [2.05, 4.69) is 5.16 Å². The highest BCUT2D eigenvalue weighted by molar-refractivity contribution is 5.96. The van der Waals surface area contributed by atoms with Crippen LogP contribution in [-0.2, 0) is 42.6 Å². The first-order chi connectivity index (χ1) is 34.7. The van der Waals surface area contributed by atoms with Crippen LogP contribution in [0, 0.1) is 0 Å². The van der Waals surface area contributed by atoms with Gasteiger partial charge in [-0.25, -0.2) is 28.8 Å². The largest absolute Gasteiger partial charge is 0.459 e. The van der Waals surface area contributed by atoms with Crippen LogP contribution in [0.4, 0.5) is 0 Å². The normalized spacial score (nSPS) is 22.2. The average molecular weight is 964 g/mol. The number of carbonyl (C=O) groups excluding carboxylic acids is 6. The van der Waals surface area contributed by atoms with Crippen LogP contribution in [0.25, 0.3) is 0 Å². The predicted octanol–water partition coefficient (Wildman–Crippen LogP) is 6.94. The Bertz CT molecular complexity index is 2780. The summed E-state index contributed by atoms with van der Waals surface area (Å²) in [7, 11) is 0. The van der Waals surface area contributed by atoms with E-state index in [1.165, 1.54) is 72.8 Å². The van der Waals surface area contributed by atoms with Gasteiger partial charge in [0.15, 0.2) is 30.7 Å². The fourth-order valence-corrected chi connectivity index (χ4v) is 7.64. The average Bonchev–Trinajstić information content (AvgIpc) is 3.42. The van der Waals surface area contributed by atoms with Gasteiger partial charge >= 0.3 is 35.8 Å². The predicted molar refractivity (Wildman–Crippen MR) is 249 cm³/mol. The molecule has 0 unspecified atom stereocenters. The van der Waals surface area contributed by atoms with Crippen molar-refractivity contribution in [3.63, 3.8) is 0 Å². The first-order valence-electron chi connectivity index (χ1n) is 22.3. The molecule has 17 heteroatoms. The van der Waals surface area contributed by atoms with E-state index in [0.717, 1.165) is 0 Å². The molecular formula is C54H45NO16. The number of oxime groups is 1. The van der Waals surface area contributed by atoms with Crippen molar-refractivity contribution in [2.75, 3.05) is 19.8 Å². The van der Waals surface area contributed by atoms with Gasteiger partial charge in [-0.05, 0) is 72.8 Å². The van der Waals surface area contributed by atoms with Gasteiger partial charge in [0.05, 0.1) is 40.0 Å². The van der Waals surface area contributed by atoms with Crippen molar-refractivity contribution in [2.45, 2.75) is 49.0 Å². The van der Waals surface area contributed by atoms with Gasteiger partial charge in [-0.2, -0.15) is 0 Å².